The average Bonchev–Trinajstić information content (AvgIpc) is 1.63. The Morgan fingerprint density at radius 1 is 1.33 bits per heavy atom. The molecule has 0 aliphatic heterocycles. The lowest BCUT2D eigenvalue weighted by atomic mass is 10.2. The van der Waals surface area contributed by atoms with Gasteiger partial charge < -0.3 is 9.71 Å². The molecule has 3 heteroatoms. The summed E-state index contributed by atoms with van der Waals surface area (Å²) in [6.45, 7) is 3.05. The van der Waals surface area contributed by atoms with E-state index in [4.69, 9.17) is 7.98 Å². The highest BCUT2D eigenvalue weighted by Gasteiger charge is 2.03. The summed E-state index contributed by atoms with van der Waals surface area (Å²) in [5.74, 6) is 0. The van der Waals surface area contributed by atoms with Gasteiger partial charge in [0.1, 0.15) is 0 Å². The summed E-state index contributed by atoms with van der Waals surface area (Å²) in [5.41, 5.74) is 0. The highest BCUT2D eigenvalue weighted by atomic mass is 15.1. The van der Waals surface area contributed by atoms with Crippen LogP contribution in [-0.4, -0.2) is 51.4 Å². The van der Waals surface area contributed by atoms with E-state index >= 15 is 0 Å². The molecule has 0 aliphatic rings. The van der Waals surface area contributed by atoms with Gasteiger partial charge in [-0.25, -0.2) is 0 Å². The first kappa shape index (κ1) is 8.98. The van der Waals surface area contributed by atoms with Gasteiger partial charge in [0.15, 0.2) is 7.98 Å². The normalized spacial score (nSPS) is 14.9. The fourth-order valence-corrected chi connectivity index (χ4v) is 0.580. The minimum absolute atomic E-state index is 0.528. The van der Waals surface area contributed by atoms with Crippen molar-refractivity contribution in [1.29, 1.82) is 0 Å². The third-order valence-electron chi connectivity index (χ3n) is 1.43. The third kappa shape index (κ3) is 4.49. The van der Waals surface area contributed by atoms with Gasteiger partial charge in [-0.3, -0.25) is 0 Å². The molecule has 0 bridgehead atoms. The minimum atomic E-state index is 0.528. The van der Waals surface area contributed by atoms with Gasteiger partial charge in [-0.1, -0.05) is 0 Å². The topological polar surface area (TPSA) is 6.48 Å². The molecule has 52 valence electrons. The van der Waals surface area contributed by atoms with E-state index < -0.39 is 0 Å². The Labute approximate surface area is 59.3 Å². The van der Waals surface area contributed by atoms with E-state index in [2.05, 4.69) is 11.8 Å². The van der Waals surface area contributed by atoms with Crippen molar-refractivity contribution in [3.63, 3.8) is 0 Å². The number of hydrogen-bond acceptors (Lipinski definition) is 2. The molecule has 1 atom stereocenters. The monoisotopic (exact) mass is 126 g/mol. The molecule has 0 aromatic carbocycles. The standard InChI is InChI=1S/C6H15BN2/c1-6(8(2)3)5-9(4)7/h6H,5H2,1-4H3. The maximum absolute atomic E-state index is 5.44. The predicted octanol–water partition coefficient (Wildman–Crippen LogP) is -0.0482. The van der Waals surface area contributed by atoms with E-state index in [9.17, 15) is 0 Å². The molecule has 0 amide bonds. The Morgan fingerprint density at radius 3 is 1.89 bits per heavy atom. The first-order valence-electron chi connectivity index (χ1n) is 3.16. The van der Waals surface area contributed by atoms with E-state index in [1.54, 1.807) is 4.81 Å². The number of nitrogens with zero attached hydrogens (tertiary/aromatic N) is 2. The lowest BCUT2D eigenvalue weighted by molar-refractivity contribution is 0.276. The summed E-state index contributed by atoms with van der Waals surface area (Å²) >= 11 is 0. The Bertz CT molecular complexity index is 73.5. The van der Waals surface area contributed by atoms with Crippen LogP contribution in [-0.2, 0) is 0 Å². The molecule has 0 aromatic heterocycles. The summed E-state index contributed by atoms with van der Waals surface area (Å²) < 4.78 is 0. The first-order chi connectivity index (χ1) is 4.04. The maximum Gasteiger partial charge on any atom is 0.182 e. The van der Waals surface area contributed by atoms with Crippen LogP contribution < -0.4 is 0 Å². The van der Waals surface area contributed by atoms with Gasteiger partial charge in [-0.2, -0.15) is 0 Å². The molecular formula is C6H15BN2. The zero-order chi connectivity index (χ0) is 7.44. The van der Waals surface area contributed by atoms with Crippen molar-refractivity contribution in [3.8, 4) is 0 Å². The quantitative estimate of drug-likeness (QED) is 0.489. The third-order valence-corrected chi connectivity index (χ3v) is 1.43. The predicted molar refractivity (Wildman–Crippen MR) is 41.5 cm³/mol. The molecular weight excluding hydrogens is 111 g/mol. The zero-order valence-corrected chi connectivity index (χ0v) is 6.76. The highest BCUT2D eigenvalue weighted by molar-refractivity contribution is 6.04. The molecule has 0 fully saturated rings. The molecule has 0 heterocycles. The second-order valence-corrected chi connectivity index (χ2v) is 2.75. The van der Waals surface area contributed by atoms with Crippen LogP contribution in [0.1, 0.15) is 6.92 Å². The van der Waals surface area contributed by atoms with Crippen molar-refractivity contribution < 1.29 is 0 Å². The van der Waals surface area contributed by atoms with Crippen LogP contribution in [0.4, 0.5) is 0 Å². The van der Waals surface area contributed by atoms with E-state index in [0.29, 0.717) is 6.04 Å². The Balaban J connectivity index is 3.38. The van der Waals surface area contributed by atoms with E-state index in [1.807, 2.05) is 21.1 Å². The van der Waals surface area contributed by atoms with Crippen LogP contribution in [0.5, 0.6) is 0 Å². The zero-order valence-electron chi connectivity index (χ0n) is 6.76. The van der Waals surface area contributed by atoms with Crippen molar-refractivity contribution in [1.82, 2.24) is 9.71 Å². The van der Waals surface area contributed by atoms with Crippen LogP contribution in [0.25, 0.3) is 0 Å². The minimum Gasteiger partial charge on any atom is -0.355 e. The Hall–Kier alpha value is -0.0151. The summed E-state index contributed by atoms with van der Waals surface area (Å²) in [6, 6.07) is 0.528. The average molecular weight is 126 g/mol. The van der Waals surface area contributed by atoms with Crippen molar-refractivity contribution in [2.24, 2.45) is 0 Å². The number of likely N-dealkylation sites (N-methyl/N-ethyl adjacent to an activating group) is 2. The summed E-state index contributed by atoms with van der Waals surface area (Å²) in [4.78, 5) is 3.84. The van der Waals surface area contributed by atoms with Gasteiger partial charge in [0.05, 0.1) is 0 Å². The van der Waals surface area contributed by atoms with Crippen molar-refractivity contribution >= 4 is 7.98 Å². The maximum atomic E-state index is 5.44. The van der Waals surface area contributed by atoms with E-state index in [1.165, 1.54) is 0 Å². The molecule has 0 N–H and O–H groups in total. The summed E-state index contributed by atoms with van der Waals surface area (Å²) in [5, 5.41) is 0. The van der Waals surface area contributed by atoms with Gasteiger partial charge in [-0.15, -0.1) is 0 Å². The van der Waals surface area contributed by atoms with Gasteiger partial charge in [0.2, 0.25) is 0 Å². The van der Waals surface area contributed by atoms with Crippen LogP contribution in [0, 0.1) is 0 Å². The lowest BCUT2D eigenvalue weighted by Gasteiger charge is -2.23. The van der Waals surface area contributed by atoms with Crippen molar-refractivity contribution in [3.05, 3.63) is 0 Å². The Morgan fingerprint density at radius 2 is 1.78 bits per heavy atom. The van der Waals surface area contributed by atoms with Crippen LogP contribution in [0.3, 0.4) is 0 Å². The van der Waals surface area contributed by atoms with E-state index in [-0.39, 0.29) is 0 Å². The first-order valence-corrected chi connectivity index (χ1v) is 3.16. The van der Waals surface area contributed by atoms with Crippen molar-refractivity contribution in [2.45, 2.75) is 13.0 Å². The number of rotatable bonds is 3. The molecule has 0 rings (SSSR count). The van der Waals surface area contributed by atoms with Crippen LogP contribution in [0.15, 0.2) is 0 Å². The second kappa shape index (κ2) is 3.91. The second-order valence-electron chi connectivity index (χ2n) is 2.75. The van der Waals surface area contributed by atoms with Gasteiger partial charge in [0.25, 0.3) is 0 Å². The fraction of sp³-hybridized carbons (Fsp3) is 1.00. The smallest absolute Gasteiger partial charge is 0.182 e. The molecule has 2 radical (unpaired) electrons. The number of hydrogen-bond donors (Lipinski definition) is 0. The van der Waals surface area contributed by atoms with Crippen LogP contribution >= 0.6 is 0 Å². The summed E-state index contributed by atoms with van der Waals surface area (Å²) in [7, 11) is 11.4. The Kier molecular flexibility index (Phi) is 3.90. The van der Waals surface area contributed by atoms with Crippen molar-refractivity contribution in [2.75, 3.05) is 27.7 Å². The molecule has 2 nitrogen and oxygen atoms in total. The SMILES string of the molecule is [B]N(C)CC(C)N(C)C. The molecule has 0 saturated heterocycles. The lowest BCUT2D eigenvalue weighted by Crippen LogP contribution is -2.35. The highest BCUT2D eigenvalue weighted by Crippen LogP contribution is 1.90. The fourth-order valence-electron chi connectivity index (χ4n) is 0.580. The molecule has 1 unspecified atom stereocenters. The molecule has 9 heavy (non-hydrogen) atoms. The van der Waals surface area contributed by atoms with Gasteiger partial charge in [0, 0.05) is 12.6 Å². The van der Waals surface area contributed by atoms with E-state index in [0.717, 1.165) is 6.54 Å². The summed E-state index contributed by atoms with van der Waals surface area (Å²) in [6.07, 6.45) is 0. The van der Waals surface area contributed by atoms with Gasteiger partial charge in [-0.05, 0) is 28.1 Å². The van der Waals surface area contributed by atoms with Gasteiger partial charge >= 0.3 is 0 Å². The molecule has 0 spiro atoms. The molecule has 0 aromatic rings. The molecule has 0 saturated carbocycles. The van der Waals surface area contributed by atoms with Crippen LogP contribution in [0.2, 0.25) is 0 Å². The molecule has 0 aliphatic carbocycles. The largest absolute Gasteiger partial charge is 0.355 e.